The van der Waals surface area contributed by atoms with Crippen LogP contribution in [0, 0.1) is 22.7 Å². The van der Waals surface area contributed by atoms with Crippen molar-refractivity contribution in [3.8, 4) is 0 Å². The highest BCUT2D eigenvalue weighted by molar-refractivity contribution is 5.91. The summed E-state index contributed by atoms with van der Waals surface area (Å²) in [5.41, 5.74) is -0.0831. The Kier molecular flexibility index (Phi) is 3.16. The van der Waals surface area contributed by atoms with E-state index in [2.05, 4.69) is 33.8 Å². The Morgan fingerprint density at radius 3 is 2.54 bits per heavy atom. The van der Waals surface area contributed by atoms with Crippen LogP contribution in [-0.4, -0.2) is 49.1 Å². The lowest BCUT2D eigenvalue weighted by molar-refractivity contribution is -0.233. The van der Waals surface area contributed by atoms with Gasteiger partial charge in [-0.3, -0.25) is 9.59 Å². The normalized spacial score (nSPS) is 55.1. The van der Waals surface area contributed by atoms with E-state index in [0.29, 0.717) is 12.5 Å². The summed E-state index contributed by atoms with van der Waals surface area (Å²) < 4.78 is 24.2. The summed E-state index contributed by atoms with van der Waals surface area (Å²) in [5, 5.41) is 0. The number of rotatable bonds is 0. The molecule has 1 saturated carbocycles. The number of ether oxygens (including phenoxy) is 4. The second kappa shape index (κ2) is 4.90. The maximum atomic E-state index is 12.4. The van der Waals surface area contributed by atoms with E-state index >= 15 is 0 Å². The maximum absolute atomic E-state index is 12.4. The van der Waals surface area contributed by atoms with Crippen LogP contribution >= 0.6 is 0 Å². The lowest BCUT2D eigenvalue weighted by Gasteiger charge is -2.59. The fourth-order valence-corrected chi connectivity index (χ4v) is 6.42. The Bertz CT molecular complexity index is 724. The fraction of sp³-hybridized carbons (Fsp3) is 0.800. The van der Waals surface area contributed by atoms with Crippen LogP contribution in [0.4, 0.5) is 0 Å². The number of esters is 2. The van der Waals surface area contributed by atoms with E-state index in [-0.39, 0.29) is 37.3 Å². The largest absolute Gasteiger partial charge is 0.465 e. The van der Waals surface area contributed by atoms with Gasteiger partial charge < -0.3 is 18.9 Å². The molecule has 0 N–H and O–H groups in total. The minimum absolute atomic E-state index is 0.00568. The first-order valence-electron chi connectivity index (χ1n) is 9.58. The van der Waals surface area contributed by atoms with Crippen molar-refractivity contribution >= 4 is 11.9 Å². The van der Waals surface area contributed by atoms with Gasteiger partial charge in [0.15, 0.2) is 0 Å². The maximum Gasteiger partial charge on any atom is 0.317 e. The number of allylic oxidation sites excluding steroid dienone is 1. The molecule has 3 heterocycles. The van der Waals surface area contributed by atoms with Gasteiger partial charge in [-0.25, -0.2) is 0 Å². The number of cyclic esters (lactones) is 1. The molecule has 3 saturated heterocycles. The Morgan fingerprint density at radius 2 is 1.85 bits per heavy atom. The highest BCUT2D eigenvalue weighted by Gasteiger charge is 2.85. The topological polar surface area (TPSA) is 74.4 Å². The van der Waals surface area contributed by atoms with Crippen LogP contribution in [0.3, 0.4) is 0 Å². The highest BCUT2D eigenvalue weighted by atomic mass is 16.6. The van der Waals surface area contributed by atoms with Crippen molar-refractivity contribution in [1.29, 1.82) is 0 Å². The standard InChI is InChI=1S/C20H26O6/c1-10-5-13-19(7-11(10)2)8-23-14(21)6-15(22)26-16-12(3)17(25-13)20(9-24-20)18(16,19)4/h5,11-13,16-17H,6-9H2,1-4H3/t11?,12-,13?,16-,17?,18-,19?,20+/m1/s1. The molecule has 0 aromatic rings. The molecule has 0 radical (unpaired) electrons. The van der Waals surface area contributed by atoms with E-state index < -0.39 is 28.4 Å². The van der Waals surface area contributed by atoms with Crippen LogP contribution in [0.15, 0.2) is 11.6 Å². The predicted octanol–water partition coefficient (Wildman–Crippen LogP) is 2.01. The molecule has 6 nitrogen and oxygen atoms in total. The summed E-state index contributed by atoms with van der Waals surface area (Å²) in [4.78, 5) is 24.5. The average molecular weight is 362 g/mol. The molecule has 2 aliphatic carbocycles. The van der Waals surface area contributed by atoms with Gasteiger partial charge in [0.2, 0.25) is 0 Å². The SMILES string of the molecule is CC1=CC2OC3[C@H](C)[C@H]4OC(=O)CC(=O)OCC2(CC1C)[C@]4(C)[C@]31CO1. The van der Waals surface area contributed by atoms with Crippen LogP contribution in [0.1, 0.15) is 40.5 Å². The van der Waals surface area contributed by atoms with Gasteiger partial charge in [-0.05, 0) is 19.3 Å². The monoisotopic (exact) mass is 362 g/mol. The van der Waals surface area contributed by atoms with E-state index in [9.17, 15) is 9.59 Å². The molecule has 26 heavy (non-hydrogen) atoms. The third-order valence-electron chi connectivity index (χ3n) is 8.09. The van der Waals surface area contributed by atoms with Crippen LogP contribution in [-0.2, 0) is 28.5 Å². The predicted molar refractivity (Wildman–Crippen MR) is 90.0 cm³/mol. The molecule has 2 bridgehead atoms. The molecule has 6 heteroatoms. The molecule has 3 aliphatic heterocycles. The summed E-state index contributed by atoms with van der Waals surface area (Å²) >= 11 is 0. The lowest BCUT2D eigenvalue weighted by atomic mass is 9.50. The van der Waals surface area contributed by atoms with Gasteiger partial charge in [0.25, 0.3) is 0 Å². The van der Waals surface area contributed by atoms with Crippen molar-refractivity contribution in [1.82, 2.24) is 0 Å². The second-order valence-corrected chi connectivity index (χ2v) is 9.14. The molecule has 8 atom stereocenters. The Labute approximate surface area is 153 Å². The third kappa shape index (κ3) is 1.71. The van der Waals surface area contributed by atoms with Crippen LogP contribution in [0.5, 0.6) is 0 Å². The summed E-state index contributed by atoms with van der Waals surface area (Å²) in [7, 11) is 0. The molecule has 5 aliphatic rings. The second-order valence-electron chi connectivity index (χ2n) is 9.14. The first kappa shape index (κ1) is 16.8. The highest BCUT2D eigenvalue weighted by Crippen LogP contribution is 2.73. The van der Waals surface area contributed by atoms with Crippen LogP contribution in [0.2, 0.25) is 0 Å². The van der Waals surface area contributed by atoms with Gasteiger partial charge in [-0.2, -0.15) is 0 Å². The summed E-state index contributed by atoms with van der Waals surface area (Å²) in [6.07, 6.45) is 2.06. The van der Waals surface area contributed by atoms with E-state index in [1.165, 1.54) is 5.57 Å². The van der Waals surface area contributed by atoms with Gasteiger partial charge >= 0.3 is 11.9 Å². The van der Waals surface area contributed by atoms with E-state index in [1.807, 2.05) is 0 Å². The summed E-state index contributed by atoms with van der Waals surface area (Å²) in [5.74, 6) is -0.691. The number of carbonyl (C=O) groups is 2. The molecule has 5 rings (SSSR count). The van der Waals surface area contributed by atoms with Crippen molar-refractivity contribution in [2.45, 2.75) is 64.4 Å². The van der Waals surface area contributed by atoms with Crippen molar-refractivity contribution in [3.05, 3.63) is 11.6 Å². The Hall–Kier alpha value is -1.40. The molecule has 0 aromatic heterocycles. The molecule has 4 fully saturated rings. The zero-order valence-electron chi connectivity index (χ0n) is 15.7. The minimum Gasteiger partial charge on any atom is -0.465 e. The first-order chi connectivity index (χ1) is 12.2. The molecule has 2 spiro atoms. The lowest BCUT2D eigenvalue weighted by Crippen LogP contribution is -2.67. The zero-order valence-corrected chi connectivity index (χ0v) is 15.7. The third-order valence-corrected chi connectivity index (χ3v) is 8.09. The van der Waals surface area contributed by atoms with Gasteiger partial charge in [0.1, 0.15) is 24.7 Å². The number of hydrogen-bond acceptors (Lipinski definition) is 6. The van der Waals surface area contributed by atoms with Crippen molar-refractivity contribution in [3.63, 3.8) is 0 Å². The van der Waals surface area contributed by atoms with Crippen LogP contribution < -0.4 is 0 Å². The Balaban J connectivity index is 1.73. The van der Waals surface area contributed by atoms with E-state index in [1.54, 1.807) is 0 Å². The Morgan fingerprint density at radius 1 is 1.12 bits per heavy atom. The molecule has 142 valence electrons. The van der Waals surface area contributed by atoms with Crippen molar-refractivity contribution in [2.24, 2.45) is 22.7 Å². The minimum atomic E-state index is -0.522. The molecule has 4 unspecified atom stereocenters. The van der Waals surface area contributed by atoms with Gasteiger partial charge in [-0.15, -0.1) is 0 Å². The van der Waals surface area contributed by atoms with Crippen molar-refractivity contribution < 1.29 is 28.5 Å². The number of epoxide rings is 1. The molecule has 0 aromatic carbocycles. The van der Waals surface area contributed by atoms with Crippen molar-refractivity contribution in [2.75, 3.05) is 13.2 Å². The van der Waals surface area contributed by atoms with E-state index in [4.69, 9.17) is 18.9 Å². The summed E-state index contributed by atoms with van der Waals surface area (Å²) in [6.45, 7) is 9.41. The fourth-order valence-electron chi connectivity index (χ4n) is 6.42. The zero-order chi connectivity index (χ0) is 18.5. The molecular weight excluding hydrogens is 336 g/mol. The number of hydrogen-bond donors (Lipinski definition) is 0. The van der Waals surface area contributed by atoms with Crippen LogP contribution in [0.25, 0.3) is 0 Å². The summed E-state index contributed by atoms with van der Waals surface area (Å²) in [6, 6.07) is 0. The van der Waals surface area contributed by atoms with Gasteiger partial charge in [-0.1, -0.05) is 32.4 Å². The van der Waals surface area contributed by atoms with Gasteiger partial charge in [0.05, 0.1) is 24.2 Å². The smallest absolute Gasteiger partial charge is 0.317 e. The molecule has 0 amide bonds. The van der Waals surface area contributed by atoms with Gasteiger partial charge in [0, 0.05) is 11.3 Å². The van der Waals surface area contributed by atoms with E-state index in [0.717, 1.165) is 6.42 Å². The quantitative estimate of drug-likeness (QED) is 0.284. The molecular formula is C20H26O6. The average Bonchev–Trinajstić information content (AvgIpc) is 3.35. The number of carbonyl (C=O) groups excluding carboxylic acids is 2. The first-order valence-corrected chi connectivity index (χ1v) is 9.58.